The summed E-state index contributed by atoms with van der Waals surface area (Å²) >= 11 is 0. The van der Waals surface area contributed by atoms with Crippen molar-refractivity contribution in [2.24, 2.45) is 4.99 Å². The van der Waals surface area contributed by atoms with E-state index < -0.39 is 5.82 Å². The second kappa shape index (κ2) is 11.5. The number of ether oxygens (including phenoxy) is 1. The SMILES string of the molecule is CN=C(NCCCN1CCCCC1C)NCc1ccc(Oc2cccnc2)c(F)c1. The minimum absolute atomic E-state index is 0.182. The summed E-state index contributed by atoms with van der Waals surface area (Å²) in [5, 5.41) is 6.58. The Labute approximate surface area is 178 Å². The van der Waals surface area contributed by atoms with Crippen LogP contribution < -0.4 is 15.4 Å². The molecule has 30 heavy (non-hydrogen) atoms. The molecule has 162 valence electrons. The van der Waals surface area contributed by atoms with E-state index in [1.807, 2.05) is 6.07 Å². The molecule has 2 N–H and O–H groups in total. The molecule has 1 saturated heterocycles. The molecule has 0 spiro atoms. The van der Waals surface area contributed by atoms with Crippen LogP contribution in [0.25, 0.3) is 0 Å². The fraction of sp³-hybridized carbons (Fsp3) is 0.478. The molecule has 0 aliphatic carbocycles. The van der Waals surface area contributed by atoms with Gasteiger partial charge in [0.1, 0.15) is 5.75 Å². The minimum Gasteiger partial charge on any atom is -0.453 e. The molecule has 1 aromatic heterocycles. The van der Waals surface area contributed by atoms with Crippen LogP contribution in [0.4, 0.5) is 4.39 Å². The second-order valence-electron chi connectivity index (χ2n) is 7.64. The van der Waals surface area contributed by atoms with Gasteiger partial charge in [-0.1, -0.05) is 12.5 Å². The molecule has 1 fully saturated rings. The molecule has 0 saturated carbocycles. The van der Waals surface area contributed by atoms with Gasteiger partial charge in [-0.25, -0.2) is 4.39 Å². The van der Waals surface area contributed by atoms with E-state index in [2.05, 4.69) is 32.4 Å². The molecule has 0 amide bonds. The zero-order chi connectivity index (χ0) is 21.2. The zero-order valence-corrected chi connectivity index (χ0v) is 17.9. The number of aromatic nitrogens is 1. The number of hydrogen-bond acceptors (Lipinski definition) is 4. The first-order valence-corrected chi connectivity index (χ1v) is 10.7. The number of rotatable bonds is 8. The van der Waals surface area contributed by atoms with Gasteiger partial charge in [-0.15, -0.1) is 0 Å². The molecule has 0 bridgehead atoms. The first-order chi connectivity index (χ1) is 14.7. The maximum atomic E-state index is 14.4. The van der Waals surface area contributed by atoms with Crippen molar-refractivity contribution in [3.05, 3.63) is 54.1 Å². The van der Waals surface area contributed by atoms with E-state index in [9.17, 15) is 4.39 Å². The Bertz CT molecular complexity index is 814. The summed E-state index contributed by atoms with van der Waals surface area (Å²) in [5.74, 6) is 1.00. The summed E-state index contributed by atoms with van der Waals surface area (Å²) in [6.07, 6.45) is 8.23. The number of piperidine rings is 1. The van der Waals surface area contributed by atoms with Gasteiger partial charge in [0.05, 0.1) is 6.20 Å². The van der Waals surface area contributed by atoms with Gasteiger partial charge in [-0.3, -0.25) is 9.98 Å². The van der Waals surface area contributed by atoms with Gasteiger partial charge in [-0.2, -0.15) is 0 Å². The summed E-state index contributed by atoms with van der Waals surface area (Å²) in [6.45, 7) is 5.97. The summed E-state index contributed by atoms with van der Waals surface area (Å²) < 4.78 is 19.9. The van der Waals surface area contributed by atoms with Crippen molar-refractivity contribution in [3.63, 3.8) is 0 Å². The third-order valence-electron chi connectivity index (χ3n) is 5.40. The smallest absolute Gasteiger partial charge is 0.191 e. The van der Waals surface area contributed by atoms with Crippen LogP contribution in [0, 0.1) is 5.82 Å². The molecule has 0 radical (unpaired) electrons. The van der Waals surface area contributed by atoms with Crippen LogP contribution in [0.3, 0.4) is 0 Å². The standard InChI is InChI=1S/C23H32FN5O/c1-18-7-3-4-13-29(18)14-6-12-27-23(25-2)28-16-19-9-10-22(21(24)15-19)30-20-8-5-11-26-17-20/h5,8-11,15,17-18H,3-4,6-7,12-14,16H2,1-2H3,(H2,25,27,28). The Balaban J connectivity index is 1.41. The van der Waals surface area contributed by atoms with Gasteiger partial charge in [0.15, 0.2) is 17.5 Å². The third kappa shape index (κ3) is 6.69. The van der Waals surface area contributed by atoms with Crippen LogP contribution in [0.5, 0.6) is 11.5 Å². The molecule has 6 nitrogen and oxygen atoms in total. The van der Waals surface area contributed by atoms with Gasteiger partial charge >= 0.3 is 0 Å². The molecule has 1 aromatic carbocycles. The summed E-state index contributed by atoms with van der Waals surface area (Å²) in [7, 11) is 1.74. The molecule has 1 aliphatic heterocycles. The molecule has 2 heterocycles. The lowest BCUT2D eigenvalue weighted by molar-refractivity contribution is 0.159. The zero-order valence-electron chi connectivity index (χ0n) is 17.9. The Hall–Kier alpha value is -2.67. The van der Waals surface area contributed by atoms with Gasteiger partial charge in [0.25, 0.3) is 0 Å². The predicted molar refractivity (Wildman–Crippen MR) is 118 cm³/mol. The number of halogens is 1. The van der Waals surface area contributed by atoms with Crippen LogP contribution in [0.2, 0.25) is 0 Å². The molecule has 2 aromatic rings. The molecule has 1 atom stereocenters. The average Bonchev–Trinajstić information content (AvgIpc) is 2.77. The molecule has 1 unspecified atom stereocenters. The second-order valence-corrected chi connectivity index (χ2v) is 7.64. The fourth-order valence-corrected chi connectivity index (χ4v) is 3.66. The highest BCUT2D eigenvalue weighted by molar-refractivity contribution is 5.79. The van der Waals surface area contributed by atoms with Crippen molar-refractivity contribution < 1.29 is 9.13 Å². The van der Waals surface area contributed by atoms with Gasteiger partial charge in [-0.05, 0) is 62.6 Å². The van der Waals surface area contributed by atoms with Crippen molar-refractivity contribution in [2.45, 2.75) is 45.2 Å². The lowest BCUT2D eigenvalue weighted by atomic mass is 10.0. The Morgan fingerprint density at radius 2 is 2.20 bits per heavy atom. The van der Waals surface area contributed by atoms with E-state index in [4.69, 9.17) is 4.74 Å². The number of pyridine rings is 1. The predicted octanol–water partition coefficient (Wildman–Crippen LogP) is 3.94. The van der Waals surface area contributed by atoms with Crippen molar-refractivity contribution >= 4 is 5.96 Å². The van der Waals surface area contributed by atoms with Crippen LogP contribution >= 0.6 is 0 Å². The monoisotopic (exact) mass is 413 g/mol. The number of nitrogens with zero attached hydrogens (tertiary/aromatic N) is 3. The quantitative estimate of drug-likeness (QED) is 0.390. The summed E-state index contributed by atoms with van der Waals surface area (Å²) in [4.78, 5) is 10.8. The van der Waals surface area contributed by atoms with Crippen LogP contribution in [0.15, 0.2) is 47.7 Å². The summed E-state index contributed by atoms with van der Waals surface area (Å²) in [5.41, 5.74) is 0.816. The van der Waals surface area contributed by atoms with Crippen molar-refractivity contribution in [2.75, 3.05) is 26.7 Å². The largest absolute Gasteiger partial charge is 0.453 e. The molecule has 7 heteroatoms. The van der Waals surface area contributed by atoms with E-state index in [1.165, 1.54) is 31.9 Å². The van der Waals surface area contributed by atoms with E-state index in [0.29, 0.717) is 18.3 Å². The lowest BCUT2D eigenvalue weighted by Gasteiger charge is -2.33. The van der Waals surface area contributed by atoms with Crippen LogP contribution in [-0.4, -0.2) is 48.6 Å². The molecule has 1 aliphatic rings. The van der Waals surface area contributed by atoms with E-state index in [0.717, 1.165) is 31.0 Å². The van der Waals surface area contributed by atoms with Crippen molar-refractivity contribution in [1.29, 1.82) is 0 Å². The van der Waals surface area contributed by atoms with Crippen LogP contribution in [0.1, 0.15) is 38.2 Å². The van der Waals surface area contributed by atoms with E-state index in [1.54, 1.807) is 37.6 Å². The average molecular weight is 414 g/mol. The number of likely N-dealkylation sites (tertiary alicyclic amines) is 1. The van der Waals surface area contributed by atoms with Crippen molar-refractivity contribution in [3.8, 4) is 11.5 Å². The molecular formula is C23H32FN5O. The maximum Gasteiger partial charge on any atom is 0.191 e. The Kier molecular flexibility index (Phi) is 8.44. The highest BCUT2D eigenvalue weighted by Crippen LogP contribution is 2.24. The molecular weight excluding hydrogens is 381 g/mol. The number of benzene rings is 1. The maximum absolute atomic E-state index is 14.4. The van der Waals surface area contributed by atoms with Gasteiger partial charge in [0.2, 0.25) is 0 Å². The fourth-order valence-electron chi connectivity index (χ4n) is 3.66. The summed E-state index contributed by atoms with van der Waals surface area (Å²) in [6, 6.07) is 9.13. The van der Waals surface area contributed by atoms with E-state index >= 15 is 0 Å². The number of hydrogen-bond donors (Lipinski definition) is 2. The normalized spacial score (nSPS) is 17.6. The third-order valence-corrected chi connectivity index (χ3v) is 5.40. The van der Waals surface area contributed by atoms with E-state index in [-0.39, 0.29) is 5.75 Å². The first kappa shape index (κ1) is 22.0. The minimum atomic E-state index is -0.406. The van der Waals surface area contributed by atoms with Crippen molar-refractivity contribution in [1.82, 2.24) is 20.5 Å². The lowest BCUT2D eigenvalue weighted by Crippen LogP contribution is -2.41. The number of aliphatic imine (C=N–C) groups is 1. The number of guanidine groups is 1. The van der Waals surface area contributed by atoms with Gasteiger partial charge < -0.3 is 20.3 Å². The Morgan fingerprint density at radius 1 is 1.30 bits per heavy atom. The highest BCUT2D eigenvalue weighted by atomic mass is 19.1. The van der Waals surface area contributed by atoms with Crippen LogP contribution in [-0.2, 0) is 6.54 Å². The van der Waals surface area contributed by atoms with Gasteiger partial charge in [0, 0.05) is 38.9 Å². The topological polar surface area (TPSA) is 61.8 Å². The Morgan fingerprint density at radius 3 is 2.93 bits per heavy atom. The molecule has 3 rings (SSSR count). The highest BCUT2D eigenvalue weighted by Gasteiger charge is 2.17. The number of nitrogens with one attached hydrogen (secondary N) is 2. The first-order valence-electron chi connectivity index (χ1n) is 10.7.